The topological polar surface area (TPSA) is 68.4 Å². The number of fused-ring (bicyclic) bond motifs is 5. The molecule has 0 saturated carbocycles. The first-order chi connectivity index (χ1) is 21.8. The van der Waals surface area contributed by atoms with Crippen molar-refractivity contribution < 1.29 is 13.3 Å². The third-order valence-corrected chi connectivity index (χ3v) is 7.92. The van der Waals surface area contributed by atoms with Crippen molar-refractivity contribution in [2.45, 2.75) is 0 Å². The summed E-state index contributed by atoms with van der Waals surface area (Å²) < 4.78 is 18.6. The number of aromatic nitrogens is 2. The largest absolute Gasteiger partial charge is 0.456 e. The molecule has 6 aromatic carbocycles. The van der Waals surface area contributed by atoms with Crippen molar-refractivity contribution in [2.75, 3.05) is 4.90 Å². The standard InChI is InChI=1S/C38H23N3O3/c1-3-9-26(10-4-1)41(27-11-5-2-6-12-27)28-17-19-32-36(23-28)44-38(40-32)25-15-18-31-35(22-25)43-37(39-31)24-16-20-34-30(21-24)29-13-7-8-14-33(29)42-34/h1-23H. The molecular formula is C38H23N3O3. The third-order valence-electron chi connectivity index (χ3n) is 7.92. The number of oxazole rings is 2. The van der Waals surface area contributed by atoms with E-state index in [0.717, 1.165) is 61.2 Å². The van der Waals surface area contributed by atoms with Crippen molar-refractivity contribution in [1.82, 2.24) is 9.97 Å². The van der Waals surface area contributed by atoms with Crippen LogP contribution in [-0.4, -0.2) is 9.97 Å². The van der Waals surface area contributed by atoms with Gasteiger partial charge in [0.15, 0.2) is 11.2 Å². The molecule has 6 nitrogen and oxygen atoms in total. The Kier molecular flexibility index (Phi) is 5.40. The summed E-state index contributed by atoms with van der Waals surface area (Å²) in [6.45, 7) is 0. The van der Waals surface area contributed by atoms with E-state index >= 15 is 0 Å². The number of para-hydroxylation sites is 3. The van der Waals surface area contributed by atoms with E-state index in [1.807, 2.05) is 97.1 Å². The second kappa shape index (κ2) is 9.71. The summed E-state index contributed by atoms with van der Waals surface area (Å²) in [5.41, 5.74) is 9.41. The van der Waals surface area contributed by atoms with E-state index in [1.165, 1.54) is 0 Å². The van der Waals surface area contributed by atoms with Crippen LogP contribution >= 0.6 is 0 Å². The lowest BCUT2D eigenvalue weighted by Gasteiger charge is -2.25. The minimum atomic E-state index is 0.522. The van der Waals surface area contributed by atoms with Crippen molar-refractivity contribution in [3.63, 3.8) is 0 Å². The average molecular weight is 570 g/mol. The Balaban J connectivity index is 1.08. The van der Waals surface area contributed by atoms with Gasteiger partial charge in [0.05, 0.1) is 0 Å². The third kappa shape index (κ3) is 4.04. The molecule has 0 radical (unpaired) electrons. The molecule has 0 atom stereocenters. The van der Waals surface area contributed by atoms with Crippen LogP contribution in [0, 0.1) is 0 Å². The summed E-state index contributed by atoms with van der Waals surface area (Å²) in [6.07, 6.45) is 0. The normalized spacial score (nSPS) is 11.6. The number of anilines is 3. The van der Waals surface area contributed by atoms with Gasteiger partial charge in [-0.25, -0.2) is 9.97 Å². The van der Waals surface area contributed by atoms with E-state index in [1.54, 1.807) is 0 Å². The predicted molar refractivity (Wildman–Crippen MR) is 174 cm³/mol. The van der Waals surface area contributed by atoms with Gasteiger partial charge in [-0.1, -0.05) is 54.6 Å². The van der Waals surface area contributed by atoms with Crippen LogP contribution in [0.25, 0.3) is 67.0 Å². The summed E-state index contributed by atoms with van der Waals surface area (Å²) in [5, 5.41) is 2.10. The molecule has 0 aliphatic rings. The summed E-state index contributed by atoms with van der Waals surface area (Å²) in [6, 6.07) is 46.6. The minimum Gasteiger partial charge on any atom is -0.456 e. The number of benzene rings is 6. The van der Waals surface area contributed by atoms with Crippen LogP contribution in [0.4, 0.5) is 17.1 Å². The number of rotatable bonds is 5. The van der Waals surface area contributed by atoms with Crippen molar-refractivity contribution in [3.8, 4) is 22.9 Å². The van der Waals surface area contributed by atoms with Gasteiger partial charge in [-0.3, -0.25) is 0 Å². The van der Waals surface area contributed by atoms with E-state index in [2.05, 4.69) is 47.4 Å². The highest BCUT2D eigenvalue weighted by molar-refractivity contribution is 6.06. The molecule has 0 unspecified atom stereocenters. The van der Waals surface area contributed by atoms with Gasteiger partial charge in [-0.15, -0.1) is 0 Å². The molecule has 0 spiro atoms. The lowest BCUT2D eigenvalue weighted by Crippen LogP contribution is -2.09. The molecule has 0 bridgehead atoms. The Hall–Kier alpha value is -6.14. The Bertz CT molecular complexity index is 2420. The first-order valence-electron chi connectivity index (χ1n) is 14.4. The molecule has 3 heterocycles. The number of nitrogens with zero attached hydrogens (tertiary/aromatic N) is 3. The average Bonchev–Trinajstić information content (AvgIpc) is 3.80. The highest BCUT2D eigenvalue weighted by Crippen LogP contribution is 2.38. The SMILES string of the molecule is c1ccc(N(c2ccccc2)c2ccc3nc(-c4ccc5nc(-c6ccc7oc8ccccc8c7c6)oc5c4)oc3c2)cc1. The zero-order valence-electron chi connectivity index (χ0n) is 23.3. The summed E-state index contributed by atoms with van der Waals surface area (Å²) in [4.78, 5) is 11.8. The minimum absolute atomic E-state index is 0.522. The molecule has 3 aromatic heterocycles. The highest BCUT2D eigenvalue weighted by atomic mass is 16.4. The zero-order chi connectivity index (χ0) is 29.0. The van der Waals surface area contributed by atoms with Crippen LogP contribution in [0.2, 0.25) is 0 Å². The second-order valence-electron chi connectivity index (χ2n) is 10.7. The van der Waals surface area contributed by atoms with E-state index in [-0.39, 0.29) is 0 Å². The van der Waals surface area contributed by atoms with E-state index < -0.39 is 0 Å². The Morgan fingerprint density at radius 3 is 1.68 bits per heavy atom. The molecule has 0 aliphatic heterocycles. The Labute approximate surface area is 251 Å². The molecule has 6 heteroatoms. The van der Waals surface area contributed by atoms with E-state index in [9.17, 15) is 0 Å². The fourth-order valence-electron chi connectivity index (χ4n) is 5.82. The number of hydrogen-bond donors (Lipinski definition) is 0. The van der Waals surface area contributed by atoms with Gasteiger partial charge >= 0.3 is 0 Å². The van der Waals surface area contributed by atoms with Gasteiger partial charge < -0.3 is 18.2 Å². The monoisotopic (exact) mass is 569 g/mol. The summed E-state index contributed by atoms with van der Waals surface area (Å²) in [5.74, 6) is 1.07. The Morgan fingerprint density at radius 1 is 0.386 bits per heavy atom. The van der Waals surface area contributed by atoms with Crippen LogP contribution < -0.4 is 4.90 Å². The van der Waals surface area contributed by atoms with E-state index in [0.29, 0.717) is 22.9 Å². The molecule has 9 rings (SSSR count). The molecular weight excluding hydrogens is 546 g/mol. The summed E-state index contributed by atoms with van der Waals surface area (Å²) >= 11 is 0. The van der Waals surface area contributed by atoms with Crippen molar-refractivity contribution in [1.29, 1.82) is 0 Å². The zero-order valence-corrected chi connectivity index (χ0v) is 23.3. The fourth-order valence-corrected chi connectivity index (χ4v) is 5.82. The molecule has 0 fully saturated rings. The van der Waals surface area contributed by atoms with E-state index in [4.69, 9.17) is 23.2 Å². The van der Waals surface area contributed by atoms with Gasteiger partial charge in [-0.05, 0) is 78.9 Å². The molecule has 0 aliphatic carbocycles. The quantitative estimate of drug-likeness (QED) is 0.205. The van der Waals surface area contributed by atoms with Gasteiger partial charge in [-0.2, -0.15) is 0 Å². The lowest BCUT2D eigenvalue weighted by molar-refractivity contribution is 0.614. The molecule has 0 saturated heterocycles. The van der Waals surface area contributed by atoms with Gasteiger partial charge in [0.25, 0.3) is 0 Å². The molecule has 0 amide bonds. The lowest BCUT2D eigenvalue weighted by atomic mass is 10.1. The summed E-state index contributed by atoms with van der Waals surface area (Å²) in [7, 11) is 0. The maximum absolute atomic E-state index is 6.33. The first kappa shape index (κ1) is 24.5. The number of furan rings is 1. The van der Waals surface area contributed by atoms with Crippen LogP contribution in [0.3, 0.4) is 0 Å². The fraction of sp³-hybridized carbons (Fsp3) is 0. The predicted octanol–water partition coefficient (Wildman–Crippen LogP) is 10.7. The molecule has 9 aromatic rings. The first-order valence-corrected chi connectivity index (χ1v) is 14.4. The van der Waals surface area contributed by atoms with Gasteiger partial charge in [0.1, 0.15) is 22.2 Å². The second-order valence-corrected chi connectivity index (χ2v) is 10.7. The van der Waals surface area contributed by atoms with Crippen LogP contribution in [0.1, 0.15) is 0 Å². The van der Waals surface area contributed by atoms with Crippen molar-refractivity contribution >= 4 is 61.2 Å². The Morgan fingerprint density at radius 2 is 0.955 bits per heavy atom. The number of hydrogen-bond acceptors (Lipinski definition) is 6. The van der Waals surface area contributed by atoms with Gasteiger partial charge in [0, 0.05) is 45.0 Å². The smallest absolute Gasteiger partial charge is 0.227 e. The van der Waals surface area contributed by atoms with Gasteiger partial charge in [0.2, 0.25) is 11.8 Å². The van der Waals surface area contributed by atoms with Crippen LogP contribution in [-0.2, 0) is 0 Å². The van der Waals surface area contributed by atoms with Crippen molar-refractivity contribution in [2.24, 2.45) is 0 Å². The molecule has 44 heavy (non-hydrogen) atoms. The van der Waals surface area contributed by atoms with Crippen LogP contribution in [0.5, 0.6) is 0 Å². The molecule has 208 valence electrons. The van der Waals surface area contributed by atoms with Crippen molar-refractivity contribution in [3.05, 3.63) is 140 Å². The maximum atomic E-state index is 6.33. The van der Waals surface area contributed by atoms with Crippen LogP contribution in [0.15, 0.2) is 153 Å². The maximum Gasteiger partial charge on any atom is 0.227 e. The molecule has 0 N–H and O–H groups in total. The highest BCUT2D eigenvalue weighted by Gasteiger charge is 2.17.